The Bertz CT molecular complexity index is 624. The van der Waals surface area contributed by atoms with Crippen molar-refractivity contribution in [1.82, 2.24) is 5.32 Å². The molecule has 0 radical (unpaired) electrons. The fourth-order valence-corrected chi connectivity index (χ4v) is 2.81. The SMILES string of the molecule is OC1(c2ccc(OCc3ccccc3)cc2F)CCNCC1. The second kappa shape index (κ2) is 6.46. The Balaban J connectivity index is 1.72. The normalized spacial score (nSPS) is 17.2. The number of rotatable bonds is 4. The Morgan fingerprint density at radius 1 is 1.09 bits per heavy atom. The van der Waals surface area contributed by atoms with Gasteiger partial charge in [-0.15, -0.1) is 0 Å². The minimum absolute atomic E-state index is 0.362. The zero-order valence-corrected chi connectivity index (χ0v) is 12.4. The second-order valence-electron chi connectivity index (χ2n) is 5.70. The summed E-state index contributed by atoms with van der Waals surface area (Å²) in [5.74, 6) is 0.0672. The average molecular weight is 301 g/mol. The molecular formula is C18H20FNO2. The van der Waals surface area contributed by atoms with E-state index in [-0.39, 0.29) is 0 Å². The summed E-state index contributed by atoms with van der Waals surface area (Å²) in [7, 11) is 0. The number of ether oxygens (including phenoxy) is 1. The lowest BCUT2D eigenvalue weighted by Crippen LogP contribution is -2.40. The van der Waals surface area contributed by atoms with Crippen molar-refractivity contribution in [2.45, 2.75) is 25.0 Å². The van der Waals surface area contributed by atoms with E-state index in [1.165, 1.54) is 6.07 Å². The van der Waals surface area contributed by atoms with Crippen LogP contribution in [0, 0.1) is 5.82 Å². The summed E-state index contributed by atoms with van der Waals surface area (Å²) in [5, 5.41) is 13.8. The minimum Gasteiger partial charge on any atom is -0.489 e. The van der Waals surface area contributed by atoms with Gasteiger partial charge in [0, 0.05) is 11.6 Å². The van der Waals surface area contributed by atoms with Crippen molar-refractivity contribution in [2.75, 3.05) is 13.1 Å². The van der Waals surface area contributed by atoms with Crippen LogP contribution in [-0.2, 0) is 12.2 Å². The van der Waals surface area contributed by atoms with Gasteiger partial charge >= 0.3 is 0 Å². The molecule has 0 bridgehead atoms. The van der Waals surface area contributed by atoms with Crippen LogP contribution < -0.4 is 10.1 Å². The second-order valence-corrected chi connectivity index (χ2v) is 5.70. The number of piperidine rings is 1. The summed E-state index contributed by atoms with van der Waals surface area (Å²) in [6.45, 7) is 1.79. The van der Waals surface area contributed by atoms with E-state index in [9.17, 15) is 9.50 Å². The molecule has 0 aliphatic carbocycles. The van der Waals surface area contributed by atoms with Gasteiger partial charge in [-0.3, -0.25) is 0 Å². The van der Waals surface area contributed by atoms with Crippen molar-refractivity contribution >= 4 is 0 Å². The first kappa shape index (κ1) is 15.0. The van der Waals surface area contributed by atoms with Crippen LogP contribution in [0.4, 0.5) is 4.39 Å². The number of nitrogens with one attached hydrogen (secondary N) is 1. The Morgan fingerprint density at radius 2 is 1.82 bits per heavy atom. The first-order chi connectivity index (χ1) is 10.7. The van der Waals surface area contributed by atoms with E-state index in [0.717, 1.165) is 5.56 Å². The van der Waals surface area contributed by atoms with Gasteiger partial charge in [-0.25, -0.2) is 4.39 Å². The third-order valence-electron chi connectivity index (χ3n) is 4.12. The van der Waals surface area contributed by atoms with Crippen molar-refractivity contribution in [3.05, 3.63) is 65.5 Å². The van der Waals surface area contributed by atoms with Crippen LogP contribution >= 0.6 is 0 Å². The summed E-state index contributed by atoms with van der Waals surface area (Å²) >= 11 is 0. The average Bonchev–Trinajstić information content (AvgIpc) is 2.54. The molecule has 1 fully saturated rings. The smallest absolute Gasteiger partial charge is 0.132 e. The molecule has 0 aromatic heterocycles. The lowest BCUT2D eigenvalue weighted by atomic mass is 9.85. The summed E-state index contributed by atoms with van der Waals surface area (Å²) in [4.78, 5) is 0. The molecule has 1 aliphatic heterocycles. The molecule has 1 saturated heterocycles. The molecule has 4 heteroatoms. The Labute approximate surface area is 129 Å². The van der Waals surface area contributed by atoms with Gasteiger partial charge in [-0.2, -0.15) is 0 Å². The molecule has 2 aromatic rings. The quantitative estimate of drug-likeness (QED) is 0.912. The van der Waals surface area contributed by atoms with Gasteiger partial charge in [-0.05, 0) is 43.6 Å². The van der Waals surface area contributed by atoms with E-state index in [2.05, 4.69) is 5.32 Å². The lowest BCUT2D eigenvalue weighted by Gasteiger charge is -2.33. The van der Waals surface area contributed by atoms with E-state index in [0.29, 0.717) is 43.9 Å². The summed E-state index contributed by atoms with van der Waals surface area (Å²) in [6, 6.07) is 14.5. The fraction of sp³-hybridized carbons (Fsp3) is 0.333. The highest BCUT2D eigenvalue weighted by Crippen LogP contribution is 2.33. The molecule has 0 unspecified atom stereocenters. The van der Waals surface area contributed by atoms with Crippen LogP contribution in [-0.4, -0.2) is 18.2 Å². The van der Waals surface area contributed by atoms with Gasteiger partial charge in [-0.1, -0.05) is 30.3 Å². The van der Waals surface area contributed by atoms with Gasteiger partial charge in [0.15, 0.2) is 0 Å². The van der Waals surface area contributed by atoms with Crippen LogP contribution in [0.1, 0.15) is 24.0 Å². The molecule has 0 amide bonds. The summed E-state index contributed by atoms with van der Waals surface area (Å²) in [6.07, 6.45) is 1.04. The van der Waals surface area contributed by atoms with E-state index >= 15 is 0 Å². The van der Waals surface area contributed by atoms with Crippen LogP contribution in [0.2, 0.25) is 0 Å². The van der Waals surface area contributed by atoms with E-state index < -0.39 is 11.4 Å². The standard InChI is InChI=1S/C18H20FNO2/c19-17-12-15(22-13-14-4-2-1-3-5-14)6-7-16(17)18(21)8-10-20-11-9-18/h1-7,12,20-21H,8-11,13H2. The maximum atomic E-state index is 14.3. The number of aliphatic hydroxyl groups is 1. The van der Waals surface area contributed by atoms with Gasteiger partial charge < -0.3 is 15.2 Å². The summed E-state index contributed by atoms with van der Waals surface area (Å²) in [5.41, 5.74) is 0.317. The Morgan fingerprint density at radius 3 is 2.50 bits per heavy atom. The predicted molar refractivity (Wildman–Crippen MR) is 83.2 cm³/mol. The number of hydrogen-bond donors (Lipinski definition) is 2. The third kappa shape index (κ3) is 3.29. The van der Waals surface area contributed by atoms with Gasteiger partial charge in [0.2, 0.25) is 0 Å². The molecule has 2 N–H and O–H groups in total. The molecule has 0 saturated carbocycles. The molecule has 116 valence electrons. The zero-order valence-electron chi connectivity index (χ0n) is 12.4. The minimum atomic E-state index is -1.08. The largest absolute Gasteiger partial charge is 0.489 e. The lowest BCUT2D eigenvalue weighted by molar-refractivity contribution is 0.00270. The monoisotopic (exact) mass is 301 g/mol. The van der Waals surface area contributed by atoms with Crippen LogP contribution in [0.5, 0.6) is 5.75 Å². The van der Waals surface area contributed by atoms with E-state index in [1.54, 1.807) is 12.1 Å². The van der Waals surface area contributed by atoms with Crippen molar-refractivity contribution in [1.29, 1.82) is 0 Å². The first-order valence-corrected chi connectivity index (χ1v) is 7.57. The molecule has 3 rings (SSSR count). The van der Waals surface area contributed by atoms with Gasteiger partial charge in [0.1, 0.15) is 18.2 Å². The van der Waals surface area contributed by atoms with Gasteiger partial charge in [0.05, 0.1) is 5.60 Å². The van der Waals surface area contributed by atoms with E-state index in [4.69, 9.17) is 4.74 Å². The van der Waals surface area contributed by atoms with Crippen molar-refractivity contribution < 1.29 is 14.2 Å². The molecule has 1 aliphatic rings. The first-order valence-electron chi connectivity index (χ1n) is 7.57. The van der Waals surface area contributed by atoms with Gasteiger partial charge in [0.25, 0.3) is 0 Å². The maximum absolute atomic E-state index is 14.3. The Hall–Kier alpha value is -1.91. The molecule has 22 heavy (non-hydrogen) atoms. The highest BCUT2D eigenvalue weighted by atomic mass is 19.1. The highest BCUT2D eigenvalue weighted by Gasteiger charge is 2.33. The van der Waals surface area contributed by atoms with Crippen molar-refractivity contribution in [3.8, 4) is 5.75 Å². The zero-order chi connectivity index (χ0) is 15.4. The van der Waals surface area contributed by atoms with E-state index in [1.807, 2.05) is 30.3 Å². The molecule has 0 atom stereocenters. The van der Waals surface area contributed by atoms with Crippen LogP contribution in [0.3, 0.4) is 0 Å². The van der Waals surface area contributed by atoms with Crippen molar-refractivity contribution in [3.63, 3.8) is 0 Å². The number of benzene rings is 2. The predicted octanol–water partition coefficient (Wildman–Crippen LogP) is 2.98. The molecule has 2 aromatic carbocycles. The molecule has 1 heterocycles. The fourth-order valence-electron chi connectivity index (χ4n) is 2.81. The third-order valence-corrected chi connectivity index (χ3v) is 4.12. The molecule has 0 spiro atoms. The molecular weight excluding hydrogens is 281 g/mol. The number of hydrogen-bond acceptors (Lipinski definition) is 3. The molecule has 3 nitrogen and oxygen atoms in total. The van der Waals surface area contributed by atoms with Crippen LogP contribution in [0.15, 0.2) is 48.5 Å². The van der Waals surface area contributed by atoms with Crippen LogP contribution in [0.25, 0.3) is 0 Å². The topological polar surface area (TPSA) is 41.5 Å². The Kier molecular flexibility index (Phi) is 4.41. The van der Waals surface area contributed by atoms with Crippen molar-refractivity contribution in [2.24, 2.45) is 0 Å². The highest BCUT2D eigenvalue weighted by molar-refractivity contribution is 5.33. The summed E-state index contributed by atoms with van der Waals surface area (Å²) < 4.78 is 20.0. The number of halogens is 1. The maximum Gasteiger partial charge on any atom is 0.132 e.